The lowest BCUT2D eigenvalue weighted by atomic mass is 9.89. The van der Waals surface area contributed by atoms with Crippen molar-refractivity contribution in [2.75, 3.05) is 13.7 Å². The van der Waals surface area contributed by atoms with E-state index in [4.69, 9.17) is 4.74 Å². The minimum absolute atomic E-state index is 0.0408. The van der Waals surface area contributed by atoms with Gasteiger partial charge >= 0.3 is 0 Å². The van der Waals surface area contributed by atoms with Crippen molar-refractivity contribution in [1.82, 2.24) is 10.3 Å². The highest BCUT2D eigenvalue weighted by molar-refractivity contribution is 7.09. The van der Waals surface area contributed by atoms with Crippen LogP contribution >= 0.6 is 11.3 Å². The summed E-state index contributed by atoms with van der Waals surface area (Å²) < 4.78 is 5.93. The third-order valence-corrected chi connectivity index (χ3v) is 4.82. The van der Waals surface area contributed by atoms with E-state index in [1.54, 1.807) is 11.3 Å². The second kappa shape index (κ2) is 6.64. The number of hydrogen-bond donors (Lipinski definition) is 1. The third-order valence-electron chi connectivity index (χ3n) is 4.02. The maximum atomic E-state index is 5.93. The largest absolute Gasteiger partial charge is 0.377 e. The normalized spacial score (nSPS) is 20.1. The molecule has 1 aromatic heterocycles. The topological polar surface area (TPSA) is 34.2 Å². The molecule has 0 bridgehead atoms. The van der Waals surface area contributed by atoms with Gasteiger partial charge in [0.25, 0.3) is 0 Å². The number of hydrogen-bond acceptors (Lipinski definition) is 4. The molecule has 0 spiro atoms. The van der Waals surface area contributed by atoms with Gasteiger partial charge in [0.15, 0.2) is 0 Å². The zero-order valence-electron chi connectivity index (χ0n) is 11.4. The zero-order chi connectivity index (χ0) is 12.8. The SMILES string of the molecule is CCCNC(Cc1cncs1)C1(OC)CCCC1. The summed E-state index contributed by atoms with van der Waals surface area (Å²) in [7, 11) is 1.87. The fraction of sp³-hybridized carbons (Fsp3) is 0.786. The number of nitrogens with zero attached hydrogens (tertiary/aromatic N) is 1. The zero-order valence-corrected chi connectivity index (χ0v) is 12.3. The van der Waals surface area contributed by atoms with Crippen molar-refractivity contribution >= 4 is 11.3 Å². The Labute approximate surface area is 114 Å². The average Bonchev–Trinajstić information content (AvgIpc) is 3.05. The van der Waals surface area contributed by atoms with E-state index >= 15 is 0 Å². The van der Waals surface area contributed by atoms with Gasteiger partial charge in [-0.15, -0.1) is 11.3 Å². The molecule has 0 aromatic carbocycles. The highest BCUT2D eigenvalue weighted by Crippen LogP contribution is 2.37. The molecule has 0 aliphatic heterocycles. The number of ether oxygens (including phenoxy) is 1. The van der Waals surface area contributed by atoms with Crippen molar-refractivity contribution in [2.24, 2.45) is 0 Å². The Morgan fingerprint density at radius 2 is 2.28 bits per heavy atom. The van der Waals surface area contributed by atoms with Crippen molar-refractivity contribution in [3.8, 4) is 0 Å². The van der Waals surface area contributed by atoms with E-state index < -0.39 is 0 Å². The first-order chi connectivity index (χ1) is 8.80. The Morgan fingerprint density at radius 1 is 1.50 bits per heavy atom. The van der Waals surface area contributed by atoms with E-state index in [9.17, 15) is 0 Å². The highest BCUT2D eigenvalue weighted by Gasteiger charge is 2.41. The van der Waals surface area contributed by atoms with E-state index in [0.29, 0.717) is 6.04 Å². The number of aromatic nitrogens is 1. The van der Waals surface area contributed by atoms with Crippen LogP contribution in [-0.4, -0.2) is 30.3 Å². The number of rotatable bonds is 7. The van der Waals surface area contributed by atoms with Crippen molar-refractivity contribution in [3.63, 3.8) is 0 Å². The van der Waals surface area contributed by atoms with E-state index in [-0.39, 0.29) is 5.60 Å². The van der Waals surface area contributed by atoms with Crippen LogP contribution in [0.15, 0.2) is 11.7 Å². The monoisotopic (exact) mass is 268 g/mol. The van der Waals surface area contributed by atoms with Crippen molar-refractivity contribution in [1.29, 1.82) is 0 Å². The Hall–Kier alpha value is -0.450. The summed E-state index contributed by atoms with van der Waals surface area (Å²) >= 11 is 1.75. The molecular weight excluding hydrogens is 244 g/mol. The fourth-order valence-corrected chi connectivity index (χ4v) is 3.62. The number of methoxy groups -OCH3 is 1. The van der Waals surface area contributed by atoms with Crippen LogP contribution in [0.4, 0.5) is 0 Å². The van der Waals surface area contributed by atoms with Gasteiger partial charge < -0.3 is 10.1 Å². The van der Waals surface area contributed by atoms with Crippen LogP contribution in [0.2, 0.25) is 0 Å². The van der Waals surface area contributed by atoms with Gasteiger partial charge in [-0.3, -0.25) is 4.98 Å². The summed E-state index contributed by atoms with van der Waals surface area (Å²) in [6.45, 7) is 3.28. The van der Waals surface area contributed by atoms with Crippen molar-refractivity contribution in [3.05, 3.63) is 16.6 Å². The quantitative estimate of drug-likeness (QED) is 0.825. The maximum Gasteiger partial charge on any atom is 0.0834 e. The van der Waals surface area contributed by atoms with Gasteiger partial charge in [-0.1, -0.05) is 19.8 Å². The van der Waals surface area contributed by atoms with Crippen LogP contribution in [0, 0.1) is 0 Å². The molecule has 102 valence electrons. The molecule has 1 saturated carbocycles. The van der Waals surface area contributed by atoms with Crippen LogP contribution in [0.1, 0.15) is 43.9 Å². The van der Waals surface area contributed by atoms with Gasteiger partial charge in [-0.05, 0) is 25.8 Å². The van der Waals surface area contributed by atoms with Gasteiger partial charge in [0, 0.05) is 30.6 Å². The van der Waals surface area contributed by atoms with E-state index in [1.165, 1.54) is 37.0 Å². The van der Waals surface area contributed by atoms with Gasteiger partial charge in [-0.25, -0.2) is 0 Å². The molecule has 18 heavy (non-hydrogen) atoms. The Bertz CT molecular complexity index is 334. The van der Waals surface area contributed by atoms with Crippen LogP contribution in [0.3, 0.4) is 0 Å². The predicted molar refractivity (Wildman–Crippen MR) is 76.1 cm³/mol. The maximum absolute atomic E-state index is 5.93. The Balaban J connectivity index is 2.07. The highest BCUT2D eigenvalue weighted by atomic mass is 32.1. The van der Waals surface area contributed by atoms with Gasteiger partial charge in [0.1, 0.15) is 0 Å². The molecule has 1 aromatic rings. The summed E-state index contributed by atoms with van der Waals surface area (Å²) in [5.74, 6) is 0. The minimum atomic E-state index is 0.0408. The van der Waals surface area contributed by atoms with Crippen molar-refractivity contribution < 1.29 is 4.74 Å². The molecular formula is C14H24N2OS. The molecule has 1 fully saturated rings. The van der Waals surface area contributed by atoms with Gasteiger partial charge in [0.05, 0.1) is 11.1 Å². The molecule has 0 amide bonds. The number of thiazole rings is 1. The molecule has 2 rings (SSSR count). The fourth-order valence-electron chi connectivity index (χ4n) is 2.98. The van der Waals surface area contributed by atoms with E-state index in [2.05, 4.69) is 17.2 Å². The van der Waals surface area contributed by atoms with Gasteiger partial charge in [0.2, 0.25) is 0 Å². The molecule has 1 unspecified atom stereocenters. The van der Waals surface area contributed by atoms with E-state index in [0.717, 1.165) is 13.0 Å². The van der Waals surface area contributed by atoms with Gasteiger partial charge in [-0.2, -0.15) is 0 Å². The summed E-state index contributed by atoms with van der Waals surface area (Å²) in [4.78, 5) is 5.53. The van der Waals surface area contributed by atoms with E-state index in [1.807, 2.05) is 18.8 Å². The summed E-state index contributed by atoms with van der Waals surface area (Å²) in [6.07, 6.45) is 9.15. The number of nitrogens with one attached hydrogen (secondary N) is 1. The second-order valence-corrected chi connectivity index (χ2v) is 6.13. The van der Waals surface area contributed by atoms with Crippen LogP contribution < -0.4 is 5.32 Å². The molecule has 1 atom stereocenters. The first-order valence-electron chi connectivity index (χ1n) is 6.96. The van der Waals surface area contributed by atoms with Crippen molar-refractivity contribution in [2.45, 2.75) is 57.1 Å². The average molecular weight is 268 g/mol. The van der Waals surface area contributed by atoms with Crippen LogP contribution in [0.25, 0.3) is 0 Å². The van der Waals surface area contributed by atoms with Crippen LogP contribution in [0.5, 0.6) is 0 Å². The first kappa shape index (κ1) is 14.0. The molecule has 4 heteroatoms. The molecule has 1 heterocycles. The summed E-state index contributed by atoms with van der Waals surface area (Å²) in [5.41, 5.74) is 1.96. The molecule has 0 saturated heterocycles. The molecule has 1 aliphatic rings. The smallest absolute Gasteiger partial charge is 0.0834 e. The standard InChI is InChI=1S/C14H24N2OS/c1-3-8-16-13(9-12-10-15-11-18-12)14(17-2)6-4-5-7-14/h10-11,13,16H,3-9H2,1-2H3. The lowest BCUT2D eigenvalue weighted by molar-refractivity contribution is -0.0352. The molecule has 0 radical (unpaired) electrons. The predicted octanol–water partition coefficient (Wildman–Crippen LogP) is 3.01. The lowest BCUT2D eigenvalue weighted by Gasteiger charge is -2.37. The summed E-state index contributed by atoms with van der Waals surface area (Å²) in [6, 6.07) is 0.422. The molecule has 3 nitrogen and oxygen atoms in total. The second-order valence-electron chi connectivity index (χ2n) is 5.15. The lowest BCUT2D eigenvalue weighted by Crippen LogP contribution is -2.51. The first-order valence-corrected chi connectivity index (χ1v) is 7.84. The Morgan fingerprint density at radius 3 is 2.83 bits per heavy atom. The summed E-state index contributed by atoms with van der Waals surface area (Å²) in [5, 5.41) is 3.70. The molecule has 1 N–H and O–H groups in total. The van der Waals surface area contributed by atoms with Crippen LogP contribution in [-0.2, 0) is 11.2 Å². The Kier molecular flexibility index (Phi) is 5.15. The minimum Gasteiger partial charge on any atom is -0.377 e. The molecule has 1 aliphatic carbocycles. The third kappa shape index (κ3) is 3.11.